The van der Waals surface area contributed by atoms with E-state index < -0.39 is 26.5 Å². The summed E-state index contributed by atoms with van der Waals surface area (Å²) in [5.74, 6) is -0.801. The molecule has 10 heteroatoms. The first-order valence-electron chi connectivity index (χ1n) is 21.4. The first-order chi connectivity index (χ1) is 25.0. The second-order valence-electron chi connectivity index (χ2n) is 15.7. The Labute approximate surface area is 320 Å². The first-order valence-corrected chi connectivity index (χ1v) is 22.9. The van der Waals surface area contributed by atoms with Crippen molar-refractivity contribution in [1.82, 2.24) is 0 Å². The summed E-state index contributed by atoms with van der Waals surface area (Å²) >= 11 is 0. The molecule has 9 nitrogen and oxygen atoms in total. The molecule has 0 heterocycles. The molecule has 0 rings (SSSR count). The molecule has 0 radical (unpaired) electrons. The Bertz CT molecular complexity index is 907. The zero-order valence-corrected chi connectivity index (χ0v) is 35.5. The topological polar surface area (TPSA) is 108 Å². The highest BCUT2D eigenvalue weighted by Gasteiger charge is 2.27. The summed E-state index contributed by atoms with van der Waals surface area (Å²) in [6.45, 7) is 4.42. The largest absolute Gasteiger partial charge is 0.472 e. The highest BCUT2D eigenvalue weighted by Crippen LogP contribution is 2.43. The maximum Gasteiger partial charge on any atom is 0.472 e. The summed E-state index contributed by atoms with van der Waals surface area (Å²) in [7, 11) is 1.48. The molecule has 0 aliphatic rings. The highest BCUT2D eigenvalue weighted by molar-refractivity contribution is 7.47. The number of likely N-dealkylation sites (N-methyl/N-ethyl adjacent to an activating group) is 1. The van der Waals surface area contributed by atoms with Gasteiger partial charge >= 0.3 is 19.8 Å². The summed E-state index contributed by atoms with van der Waals surface area (Å²) < 4.78 is 34.3. The van der Waals surface area contributed by atoms with Crippen LogP contribution in [0.25, 0.3) is 0 Å². The molecule has 308 valence electrons. The molecule has 0 amide bonds. The molecule has 0 aromatic heterocycles. The van der Waals surface area contributed by atoms with E-state index >= 15 is 0 Å². The van der Waals surface area contributed by atoms with Crippen LogP contribution in [0.2, 0.25) is 0 Å². The highest BCUT2D eigenvalue weighted by atomic mass is 31.2. The minimum atomic E-state index is -4.37. The molecular formula is C42H83NO8P+. The first kappa shape index (κ1) is 50.8. The van der Waals surface area contributed by atoms with E-state index in [4.69, 9.17) is 18.5 Å². The van der Waals surface area contributed by atoms with Crippen LogP contribution in [-0.2, 0) is 32.7 Å². The molecule has 0 aromatic rings. The Hall–Kier alpha value is -1.25. The van der Waals surface area contributed by atoms with Gasteiger partial charge in [-0.2, -0.15) is 0 Å². The number of ether oxygens (including phenoxy) is 2. The van der Waals surface area contributed by atoms with Crippen molar-refractivity contribution in [2.24, 2.45) is 0 Å². The molecule has 52 heavy (non-hydrogen) atoms. The van der Waals surface area contributed by atoms with E-state index in [-0.39, 0.29) is 25.6 Å². The van der Waals surface area contributed by atoms with Gasteiger partial charge in [0, 0.05) is 12.8 Å². The predicted molar refractivity (Wildman–Crippen MR) is 215 cm³/mol. The van der Waals surface area contributed by atoms with Crippen molar-refractivity contribution in [2.45, 2.75) is 200 Å². The number of quaternary nitrogens is 1. The van der Waals surface area contributed by atoms with Crippen molar-refractivity contribution in [2.75, 3.05) is 47.5 Å². The van der Waals surface area contributed by atoms with E-state index in [0.29, 0.717) is 23.9 Å². The van der Waals surface area contributed by atoms with Gasteiger partial charge in [-0.05, 0) is 38.5 Å². The van der Waals surface area contributed by atoms with Gasteiger partial charge in [0.15, 0.2) is 6.10 Å². The number of nitrogens with zero attached hydrogens (tertiary/aromatic N) is 1. The Morgan fingerprint density at radius 1 is 0.577 bits per heavy atom. The van der Waals surface area contributed by atoms with E-state index in [1.807, 2.05) is 21.1 Å². The third-order valence-corrected chi connectivity index (χ3v) is 10.3. The lowest BCUT2D eigenvalue weighted by Crippen LogP contribution is -2.37. The van der Waals surface area contributed by atoms with Gasteiger partial charge in [0.1, 0.15) is 19.8 Å². The number of carbonyl (C=O) groups is 2. The molecule has 0 fully saturated rings. The quantitative estimate of drug-likeness (QED) is 0.0164. The van der Waals surface area contributed by atoms with Gasteiger partial charge in [0.2, 0.25) is 0 Å². The smallest absolute Gasteiger partial charge is 0.462 e. The Kier molecular flexibility index (Phi) is 34.6. The predicted octanol–water partition coefficient (Wildman–Crippen LogP) is 11.8. The summed E-state index contributed by atoms with van der Waals surface area (Å²) in [4.78, 5) is 35.3. The maximum absolute atomic E-state index is 12.7. The SMILES string of the molecule is CCCCCCCC/C=C\CCCCCCCC(=O)O[C@H](CO[13C](=O)[13CH2][13CH2][13CH2][13CH2][13CH2][13CH2][13CH2][13CH2][13CH2][13CH2][13CH2][13CH2][13CH2][13CH2][13CH3])COP(=O)(O)OCC[N+](C)(C)C. The number of phosphoric acid groups is 1. The minimum absolute atomic E-state index is 0.0331. The second-order valence-corrected chi connectivity index (χ2v) is 17.2. The second kappa shape index (κ2) is 35.5. The van der Waals surface area contributed by atoms with E-state index in [0.717, 1.165) is 51.4 Å². The van der Waals surface area contributed by atoms with Gasteiger partial charge in [-0.25, -0.2) is 4.57 Å². The average molecular weight is 777 g/mol. The Balaban J connectivity index is 4.37. The number of allylic oxidation sites excluding steroid dienone is 2. The van der Waals surface area contributed by atoms with E-state index in [9.17, 15) is 19.0 Å². The number of esters is 2. The van der Waals surface area contributed by atoms with Crippen LogP contribution in [0, 0.1) is 0 Å². The monoisotopic (exact) mass is 777 g/mol. The van der Waals surface area contributed by atoms with Crippen LogP contribution >= 0.6 is 7.82 Å². The number of hydrogen-bond donors (Lipinski definition) is 1. The molecule has 0 saturated carbocycles. The fourth-order valence-corrected chi connectivity index (χ4v) is 6.63. The lowest BCUT2D eigenvalue weighted by molar-refractivity contribution is -0.870. The van der Waals surface area contributed by atoms with Gasteiger partial charge in [0.25, 0.3) is 0 Å². The van der Waals surface area contributed by atoms with E-state index in [2.05, 4.69) is 26.0 Å². The van der Waals surface area contributed by atoms with Gasteiger partial charge < -0.3 is 18.9 Å². The van der Waals surface area contributed by atoms with Crippen molar-refractivity contribution >= 4 is 19.8 Å². The van der Waals surface area contributed by atoms with Crippen LogP contribution in [0.15, 0.2) is 12.2 Å². The standard InChI is InChI=1S/C42H82NO8P/c1-6-8-10-12-14-16-18-20-21-23-25-27-29-31-33-35-42(45)51-40(39-50-52(46,47)49-37-36-43(3,4)5)38-48-41(44)34-32-30-28-26-24-22-19-17-15-13-11-9-7-2/h20-21,40H,6-19,22-39H2,1-5H3/p+1/b21-20-/t40-/m1/s1/i2+1,7+1,9+1,11+1,13+1,15+1,17+1,19+1,22+1,24+1,26+1,28+1,30+1,32+1,34+1,41+1. The lowest BCUT2D eigenvalue weighted by atomic mass is 10.1. The van der Waals surface area contributed by atoms with E-state index in [1.54, 1.807) is 0 Å². The zero-order chi connectivity index (χ0) is 38.6. The lowest BCUT2D eigenvalue weighted by Gasteiger charge is -2.24. The zero-order valence-electron chi connectivity index (χ0n) is 34.6. The van der Waals surface area contributed by atoms with E-state index in [1.165, 1.54) is 109 Å². The molecule has 0 saturated heterocycles. The number of hydrogen-bond acceptors (Lipinski definition) is 7. The number of phosphoric ester groups is 1. The minimum Gasteiger partial charge on any atom is -0.462 e. The van der Waals surface area contributed by atoms with Crippen LogP contribution < -0.4 is 0 Å². The summed E-state index contributed by atoms with van der Waals surface area (Å²) in [6, 6.07) is 0. The third kappa shape index (κ3) is 38.5. The van der Waals surface area contributed by atoms with Crippen molar-refractivity contribution in [3.8, 4) is 0 Å². The fourth-order valence-electron chi connectivity index (χ4n) is 5.89. The van der Waals surface area contributed by atoms with Crippen LogP contribution in [0.1, 0.15) is 194 Å². The number of rotatable bonds is 39. The van der Waals surface area contributed by atoms with Crippen LogP contribution in [0.3, 0.4) is 0 Å². The normalized spacial score (nSPS) is 13.7. The summed E-state index contributed by atoms with van der Waals surface area (Å²) in [5, 5.41) is 0. The molecule has 1 N–H and O–H groups in total. The maximum atomic E-state index is 12.7. The van der Waals surface area contributed by atoms with Crippen molar-refractivity contribution in [3.63, 3.8) is 0 Å². The van der Waals surface area contributed by atoms with Gasteiger partial charge in [-0.1, -0.05) is 154 Å². The van der Waals surface area contributed by atoms with Crippen molar-refractivity contribution in [1.29, 1.82) is 0 Å². The molecule has 0 spiro atoms. The molecule has 0 aliphatic carbocycles. The Morgan fingerprint density at radius 2 is 0.981 bits per heavy atom. The summed E-state index contributed by atoms with van der Waals surface area (Å²) in [6.07, 6.45) is 35.3. The van der Waals surface area contributed by atoms with Crippen molar-refractivity contribution < 1.29 is 42.1 Å². The third-order valence-electron chi connectivity index (χ3n) is 9.30. The Morgan fingerprint density at radius 3 is 1.42 bits per heavy atom. The fraction of sp³-hybridized carbons (Fsp3) is 0.905. The molecule has 0 aromatic carbocycles. The van der Waals surface area contributed by atoms with Gasteiger partial charge in [0.05, 0.1) is 27.7 Å². The molecule has 2 atom stereocenters. The van der Waals surface area contributed by atoms with Crippen LogP contribution in [0.5, 0.6) is 0 Å². The average Bonchev–Trinajstić information content (AvgIpc) is 3.09. The van der Waals surface area contributed by atoms with Crippen molar-refractivity contribution in [3.05, 3.63) is 12.2 Å². The van der Waals surface area contributed by atoms with Crippen LogP contribution in [0.4, 0.5) is 0 Å². The molecular weight excluding hydrogens is 693 g/mol. The summed E-state index contributed by atoms with van der Waals surface area (Å²) in [5.41, 5.74) is 0. The molecule has 0 aliphatic heterocycles. The number of unbranched alkanes of at least 4 members (excludes halogenated alkanes) is 23. The molecule has 1 unspecified atom stereocenters. The number of carbonyl (C=O) groups excluding carboxylic acids is 2. The molecule has 0 bridgehead atoms. The van der Waals surface area contributed by atoms with Crippen LogP contribution in [-0.4, -0.2) is 74.9 Å². The van der Waals surface area contributed by atoms with Gasteiger partial charge in [-0.15, -0.1) is 0 Å². The van der Waals surface area contributed by atoms with Gasteiger partial charge in [-0.3, -0.25) is 18.6 Å².